The number of hydrogen-bond acceptors (Lipinski definition) is 3. The van der Waals surface area contributed by atoms with Gasteiger partial charge in [-0.15, -0.1) is 0 Å². The zero-order chi connectivity index (χ0) is 19.5. The third-order valence-electron chi connectivity index (χ3n) is 4.79. The summed E-state index contributed by atoms with van der Waals surface area (Å²) in [5.41, 5.74) is 8.61. The number of halogens is 1. The molecule has 1 amide bonds. The van der Waals surface area contributed by atoms with E-state index in [-0.39, 0.29) is 5.91 Å². The van der Waals surface area contributed by atoms with Gasteiger partial charge in [-0.25, -0.2) is 0 Å². The number of fused-ring (bicyclic) bond motifs is 1. The Kier molecular flexibility index (Phi) is 5.57. The highest BCUT2D eigenvalue weighted by molar-refractivity contribution is 8.00. The molecule has 4 N–H and O–H groups in total. The molecule has 3 aromatic carbocycles. The summed E-state index contributed by atoms with van der Waals surface area (Å²) >= 11 is 7.50. The lowest BCUT2D eigenvalue weighted by Crippen LogP contribution is -2.40. The monoisotopic (exact) mass is 410 g/mol. The maximum absolute atomic E-state index is 13.0. The number of carbonyl (C=O) groups is 1. The fourth-order valence-corrected chi connectivity index (χ4v) is 4.14. The van der Waals surface area contributed by atoms with Crippen molar-refractivity contribution in [2.24, 2.45) is 0 Å². The molecule has 4 nitrogen and oxygen atoms in total. The standard InChI is InChI=1S/C22H20ClN3OS/c23-19-12-11-18(14-20(19)24)28-25-17-9-7-16(8-10-17)22(27)26-13-3-5-15-4-1-2-6-21(15)26/h1-2,4,6-12,14,25H,3,5,13,24H2/p+1. The first-order valence-electron chi connectivity index (χ1n) is 9.16. The number of para-hydroxylation sites is 1. The first-order chi connectivity index (χ1) is 13.6. The lowest BCUT2D eigenvalue weighted by atomic mass is 10.0. The van der Waals surface area contributed by atoms with Gasteiger partial charge in [-0.05, 0) is 72.8 Å². The van der Waals surface area contributed by atoms with Crippen molar-refractivity contribution < 1.29 is 10.5 Å². The number of nitrogens with zero attached hydrogens (tertiary/aromatic N) is 1. The number of hydrogen-bond donors (Lipinski definition) is 2. The van der Waals surface area contributed by atoms with Crippen LogP contribution in [0.2, 0.25) is 5.02 Å². The van der Waals surface area contributed by atoms with Crippen molar-refractivity contribution in [2.75, 3.05) is 16.2 Å². The van der Waals surface area contributed by atoms with E-state index >= 15 is 0 Å². The molecule has 142 valence electrons. The summed E-state index contributed by atoms with van der Waals surface area (Å²) in [7, 11) is 0. The zero-order valence-corrected chi connectivity index (χ0v) is 16.9. The van der Waals surface area contributed by atoms with Crippen LogP contribution in [0.3, 0.4) is 0 Å². The number of nitrogens with one attached hydrogen (secondary N) is 1. The van der Waals surface area contributed by atoms with E-state index in [9.17, 15) is 4.79 Å². The molecule has 3 aromatic rings. The normalized spacial score (nSPS) is 13.1. The summed E-state index contributed by atoms with van der Waals surface area (Å²) in [5.74, 6) is 0.0470. The summed E-state index contributed by atoms with van der Waals surface area (Å²) in [6.07, 6.45) is 2.02. The van der Waals surface area contributed by atoms with Crippen LogP contribution < -0.4 is 15.4 Å². The molecule has 0 unspecified atom stereocenters. The second-order valence-corrected chi connectivity index (χ2v) is 8.01. The predicted octanol–water partition coefficient (Wildman–Crippen LogP) is 4.93. The number of aryl methyl sites for hydroxylation is 1. The predicted molar refractivity (Wildman–Crippen MR) is 116 cm³/mol. The average molecular weight is 411 g/mol. The van der Waals surface area contributed by atoms with E-state index in [0.717, 1.165) is 41.3 Å². The van der Waals surface area contributed by atoms with Crippen LogP contribution in [0.25, 0.3) is 0 Å². The van der Waals surface area contributed by atoms with E-state index in [1.165, 1.54) is 17.5 Å². The van der Waals surface area contributed by atoms with E-state index in [1.54, 1.807) is 0 Å². The minimum absolute atomic E-state index is 0.0470. The van der Waals surface area contributed by atoms with E-state index in [2.05, 4.69) is 16.5 Å². The van der Waals surface area contributed by atoms with E-state index in [1.807, 2.05) is 65.6 Å². The first-order valence-corrected chi connectivity index (χ1v) is 10.4. The highest BCUT2D eigenvalue weighted by Gasteiger charge is 2.23. The molecule has 0 fully saturated rings. The van der Waals surface area contributed by atoms with Crippen molar-refractivity contribution in [1.82, 2.24) is 0 Å². The summed E-state index contributed by atoms with van der Waals surface area (Å²) in [5, 5.41) is 0.659. The molecular weight excluding hydrogens is 390 g/mol. The lowest BCUT2D eigenvalue weighted by Gasteiger charge is -2.29. The fraction of sp³-hybridized carbons (Fsp3) is 0.136. The van der Waals surface area contributed by atoms with Crippen molar-refractivity contribution in [3.8, 4) is 0 Å². The topological polar surface area (TPSA) is 60.0 Å². The molecule has 0 bridgehead atoms. The fourth-order valence-electron chi connectivity index (χ4n) is 3.31. The quantitative estimate of drug-likeness (QED) is 0.600. The second kappa shape index (κ2) is 8.27. The van der Waals surface area contributed by atoms with Crippen LogP contribution in [0.15, 0.2) is 71.6 Å². The molecule has 4 rings (SSSR count). The van der Waals surface area contributed by atoms with Gasteiger partial charge in [0, 0.05) is 34.4 Å². The van der Waals surface area contributed by atoms with E-state index in [0.29, 0.717) is 10.6 Å². The van der Waals surface area contributed by atoms with Crippen LogP contribution >= 0.6 is 23.5 Å². The molecule has 6 heteroatoms. The minimum atomic E-state index is 0.0470. The van der Waals surface area contributed by atoms with Crippen LogP contribution in [0, 0.1) is 0 Å². The van der Waals surface area contributed by atoms with Crippen molar-refractivity contribution in [3.63, 3.8) is 0 Å². The maximum atomic E-state index is 13.0. The lowest BCUT2D eigenvalue weighted by molar-refractivity contribution is -0.254. The zero-order valence-electron chi connectivity index (χ0n) is 15.3. The van der Waals surface area contributed by atoms with Crippen LogP contribution in [-0.4, -0.2) is 12.5 Å². The van der Waals surface area contributed by atoms with Gasteiger partial charge in [0.15, 0.2) is 0 Å². The highest BCUT2D eigenvalue weighted by Crippen LogP contribution is 2.29. The largest absolute Gasteiger partial charge is 0.326 e. The highest BCUT2D eigenvalue weighted by atomic mass is 35.5. The minimum Gasteiger partial charge on any atom is -0.326 e. The van der Waals surface area contributed by atoms with Crippen molar-refractivity contribution in [3.05, 3.63) is 82.9 Å². The Morgan fingerprint density at radius 1 is 1.07 bits per heavy atom. The summed E-state index contributed by atoms with van der Waals surface area (Å²) < 4.78 is 3.29. The summed E-state index contributed by atoms with van der Waals surface area (Å²) in [6.45, 7) is 0.760. The molecule has 1 aliphatic heterocycles. The molecule has 0 saturated carbocycles. The Morgan fingerprint density at radius 2 is 1.86 bits per heavy atom. The molecule has 0 radical (unpaired) electrons. The number of amides is 1. The number of quaternary nitrogens is 1. The molecular formula is C22H21ClN3OS+. The molecule has 0 aromatic heterocycles. The molecule has 28 heavy (non-hydrogen) atoms. The second-order valence-electron chi connectivity index (χ2n) is 6.72. The Hall–Kier alpha value is -2.47. The van der Waals surface area contributed by atoms with Crippen LogP contribution in [0.5, 0.6) is 0 Å². The van der Waals surface area contributed by atoms with Gasteiger partial charge in [-0.1, -0.05) is 29.8 Å². The maximum Gasteiger partial charge on any atom is 0.258 e. The van der Waals surface area contributed by atoms with Gasteiger partial charge in [0.05, 0.1) is 0 Å². The number of rotatable bonds is 4. The number of benzene rings is 3. The van der Waals surface area contributed by atoms with Crippen molar-refractivity contribution >= 4 is 46.5 Å². The third kappa shape index (κ3) is 4.02. The number of carbonyl (C=O) groups excluding carboxylic acids is 1. The van der Waals surface area contributed by atoms with Crippen LogP contribution in [0.1, 0.15) is 22.3 Å². The average Bonchev–Trinajstić information content (AvgIpc) is 2.74. The Balaban J connectivity index is 1.44. The van der Waals surface area contributed by atoms with Gasteiger partial charge >= 0.3 is 0 Å². The van der Waals surface area contributed by atoms with Crippen molar-refractivity contribution in [2.45, 2.75) is 17.7 Å². The SMILES string of the molecule is [NH3+]c1cc(SNc2ccc(C(=O)N3CCCc4ccccc43)cc2)ccc1Cl. The van der Waals surface area contributed by atoms with E-state index in [4.69, 9.17) is 11.6 Å². The summed E-state index contributed by atoms with van der Waals surface area (Å²) in [4.78, 5) is 15.9. The van der Waals surface area contributed by atoms with Gasteiger partial charge in [0.2, 0.25) is 0 Å². The summed E-state index contributed by atoms with van der Waals surface area (Å²) in [6, 6.07) is 21.5. The van der Waals surface area contributed by atoms with Crippen molar-refractivity contribution in [1.29, 1.82) is 0 Å². The van der Waals surface area contributed by atoms with Gasteiger partial charge in [-0.2, -0.15) is 0 Å². The molecule has 0 spiro atoms. The molecule has 0 atom stereocenters. The number of anilines is 2. The molecule has 0 aliphatic carbocycles. The van der Waals surface area contributed by atoms with Crippen LogP contribution in [0.4, 0.5) is 17.1 Å². The molecule has 0 saturated heterocycles. The Bertz CT molecular complexity index is 1010. The van der Waals surface area contributed by atoms with Gasteiger partial charge < -0.3 is 15.4 Å². The molecule has 1 aliphatic rings. The Labute approximate surface area is 173 Å². The van der Waals surface area contributed by atoms with Crippen LogP contribution in [-0.2, 0) is 6.42 Å². The van der Waals surface area contributed by atoms with Gasteiger partial charge in [0.1, 0.15) is 10.7 Å². The molecule has 1 heterocycles. The smallest absolute Gasteiger partial charge is 0.258 e. The van der Waals surface area contributed by atoms with Gasteiger partial charge in [-0.3, -0.25) is 4.79 Å². The third-order valence-corrected chi connectivity index (χ3v) is 5.99. The van der Waals surface area contributed by atoms with Gasteiger partial charge in [0.25, 0.3) is 5.91 Å². The first kappa shape index (κ1) is 18.9. The Morgan fingerprint density at radius 3 is 2.64 bits per heavy atom. The van der Waals surface area contributed by atoms with E-state index < -0.39 is 0 Å².